The fraction of sp³-hybridized carbons (Fsp3) is 0.278. The first-order valence-electron chi connectivity index (χ1n) is 7.90. The molecule has 0 aromatic heterocycles. The zero-order valence-electron chi connectivity index (χ0n) is 13.1. The van der Waals surface area contributed by atoms with Gasteiger partial charge >= 0.3 is 0 Å². The molecule has 2 N–H and O–H groups in total. The third kappa shape index (κ3) is 4.12. The fourth-order valence-electron chi connectivity index (χ4n) is 2.86. The Balaban J connectivity index is 1.83. The molecule has 0 aliphatic carbocycles. The minimum absolute atomic E-state index is 0.133. The van der Waals surface area contributed by atoms with E-state index in [1.54, 1.807) is 36.4 Å². The zero-order chi connectivity index (χ0) is 16.9. The van der Waals surface area contributed by atoms with E-state index in [1.807, 2.05) is 0 Å². The van der Waals surface area contributed by atoms with Gasteiger partial charge in [0.25, 0.3) is 0 Å². The third-order valence-corrected chi connectivity index (χ3v) is 4.31. The second-order valence-corrected chi connectivity index (χ2v) is 6.17. The van der Waals surface area contributed by atoms with E-state index in [-0.39, 0.29) is 11.7 Å². The second kappa shape index (κ2) is 7.75. The van der Waals surface area contributed by atoms with Crippen molar-refractivity contribution in [1.82, 2.24) is 10.2 Å². The molecule has 1 unspecified atom stereocenters. The molecule has 0 bridgehead atoms. The van der Waals surface area contributed by atoms with Crippen molar-refractivity contribution < 1.29 is 9.18 Å². The molecule has 3 rings (SSSR count). The van der Waals surface area contributed by atoms with Crippen molar-refractivity contribution >= 4 is 23.2 Å². The number of nitrogens with one attached hydrogen (secondary N) is 2. The van der Waals surface area contributed by atoms with Crippen molar-refractivity contribution in [3.63, 3.8) is 0 Å². The molecule has 126 valence electrons. The lowest BCUT2D eigenvalue weighted by Crippen LogP contribution is -2.48. The highest BCUT2D eigenvalue weighted by molar-refractivity contribution is 6.30. The minimum atomic E-state index is -0.455. The number of halogens is 2. The van der Waals surface area contributed by atoms with Gasteiger partial charge in [0.2, 0.25) is 5.91 Å². The van der Waals surface area contributed by atoms with Crippen molar-refractivity contribution in [2.24, 2.45) is 0 Å². The molecule has 0 radical (unpaired) electrons. The maximum Gasteiger partial charge on any atom is 0.246 e. The number of hydrogen-bond donors (Lipinski definition) is 2. The van der Waals surface area contributed by atoms with Gasteiger partial charge in [-0.05, 0) is 42.0 Å². The molecule has 2 aromatic carbocycles. The number of carbonyl (C=O) groups is 1. The Morgan fingerprint density at radius 2 is 1.71 bits per heavy atom. The zero-order valence-corrected chi connectivity index (χ0v) is 13.9. The monoisotopic (exact) mass is 347 g/mol. The van der Waals surface area contributed by atoms with Gasteiger partial charge in [0.15, 0.2) is 0 Å². The van der Waals surface area contributed by atoms with Crippen LogP contribution in [0.1, 0.15) is 11.6 Å². The number of amides is 1. The minimum Gasteiger partial charge on any atom is -0.324 e. The standard InChI is InChI=1S/C18H19ClFN3O/c19-14-3-7-16(8-4-14)22-18(24)17(23-11-9-21-10-12-23)13-1-5-15(20)6-2-13/h1-8,17,21H,9-12H2,(H,22,24). The summed E-state index contributed by atoms with van der Waals surface area (Å²) in [6.45, 7) is 3.17. The fourth-order valence-corrected chi connectivity index (χ4v) is 2.98. The van der Waals surface area contributed by atoms with E-state index in [0.29, 0.717) is 10.7 Å². The van der Waals surface area contributed by atoms with Crippen LogP contribution < -0.4 is 10.6 Å². The highest BCUT2D eigenvalue weighted by Crippen LogP contribution is 2.24. The van der Waals surface area contributed by atoms with Gasteiger partial charge in [-0.25, -0.2) is 4.39 Å². The Hall–Kier alpha value is -1.95. The third-order valence-electron chi connectivity index (χ3n) is 4.06. The predicted octanol–water partition coefficient (Wildman–Crippen LogP) is 3.06. The molecule has 2 aromatic rings. The van der Waals surface area contributed by atoms with Gasteiger partial charge in [-0.3, -0.25) is 9.69 Å². The highest BCUT2D eigenvalue weighted by Gasteiger charge is 2.28. The van der Waals surface area contributed by atoms with E-state index in [0.717, 1.165) is 31.7 Å². The van der Waals surface area contributed by atoms with E-state index >= 15 is 0 Å². The van der Waals surface area contributed by atoms with E-state index in [1.165, 1.54) is 12.1 Å². The number of piperazine rings is 1. The SMILES string of the molecule is O=C(Nc1ccc(Cl)cc1)C(c1ccc(F)cc1)N1CCNCC1. The molecule has 1 atom stereocenters. The molecule has 1 saturated heterocycles. The summed E-state index contributed by atoms with van der Waals surface area (Å²) in [5.41, 5.74) is 1.47. The molecule has 4 nitrogen and oxygen atoms in total. The largest absolute Gasteiger partial charge is 0.324 e. The number of rotatable bonds is 4. The highest BCUT2D eigenvalue weighted by atomic mass is 35.5. The Morgan fingerprint density at radius 1 is 1.08 bits per heavy atom. The molecule has 0 saturated carbocycles. The van der Waals surface area contributed by atoms with Gasteiger partial charge in [-0.15, -0.1) is 0 Å². The van der Waals surface area contributed by atoms with E-state index < -0.39 is 6.04 Å². The Labute approximate surface area is 145 Å². The lowest BCUT2D eigenvalue weighted by molar-refractivity contribution is -0.121. The quantitative estimate of drug-likeness (QED) is 0.893. The maximum absolute atomic E-state index is 13.2. The first-order chi connectivity index (χ1) is 11.6. The first kappa shape index (κ1) is 16.9. The summed E-state index contributed by atoms with van der Waals surface area (Å²) in [6.07, 6.45) is 0. The summed E-state index contributed by atoms with van der Waals surface area (Å²) >= 11 is 5.88. The van der Waals surface area contributed by atoms with E-state index in [2.05, 4.69) is 15.5 Å². The molecular weight excluding hydrogens is 329 g/mol. The summed E-state index contributed by atoms with van der Waals surface area (Å²) in [5, 5.41) is 6.82. The van der Waals surface area contributed by atoms with Crippen LogP contribution in [-0.4, -0.2) is 37.0 Å². The lowest BCUT2D eigenvalue weighted by Gasteiger charge is -2.34. The summed E-state index contributed by atoms with van der Waals surface area (Å²) < 4.78 is 13.2. The van der Waals surface area contributed by atoms with Gasteiger partial charge in [0, 0.05) is 36.9 Å². The van der Waals surface area contributed by atoms with Crippen LogP contribution in [0.15, 0.2) is 48.5 Å². The van der Waals surface area contributed by atoms with Crippen LogP contribution in [0.25, 0.3) is 0 Å². The number of carbonyl (C=O) groups excluding carboxylic acids is 1. The maximum atomic E-state index is 13.2. The molecular formula is C18H19ClFN3O. The topological polar surface area (TPSA) is 44.4 Å². The van der Waals surface area contributed by atoms with Gasteiger partial charge in [-0.1, -0.05) is 23.7 Å². The number of benzene rings is 2. The van der Waals surface area contributed by atoms with Crippen molar-refractivity contribution in [1.29, 1.82) is 0 Å². The smallest absolute Gasteiger partial charge is 0.246 e. The summed E-state index contributed by atoms with van der Waals surface area (Å²) in [5.74, 6) is -0.443. The molecule has 1 amide bonds. The van der Waals surface area contributed by atoms with E-state index in [4.69, 9.17) is 11.6 Å². The average Bonchev–Trinajstić information content (AvgIpc) is 2.60. The summed E-state index contributed by atoms with van der Waals surface area (Å²) in [4.78, 5) is 15.0. The van der Waals surface area contributed by atoms with Gasteiger partial charge < -0.3 is 10.6 Å². The molecule has 1 fully saturated rings. The Kier molecular flexibility index (Phi) is 5.45. The molecule has 1 aliphatic rings. The van der Waals surface area contributed by atoms with Crippen molar-refractivity contribution in [2.75, 3.05) is 31.5 Å². The van der Waals surface area contributed by atoms with Gasteiger partial charge in [0.1, 0.15) is 11.9 Å². The summed E-state index contributed by atoms with van der Waals surface area (Å²) in [6, 6.07) is 12.7. The predicted molar refractivity (Wildman–Crippen MR) is 93.7 cm³/mol. The average molecular weight is 348 g/mol. The van der Waals surface area contributed by atoms with E-state index in [9.17, 15) is 9.18 Å². The number of anilines is 1. The van der Waals surface area contributed by atoms with Crippen LogP contribution in [0.2, 0.25) is 5.02 Å². The molecule has 1 aliphatic heterocycles. The van der Waals surface area contributed by atoms with Crippen molar-refractivity contribution in [2.45, 2.75) is 6.04 Å². The van der Waals surface area contributed by atoms with Gasteiger partial charge in [-0.2, -0.15) is 0 Å². The molecule has 0 spiro atoms. The number of hydrogen-bond acceptors (Lipinski definition) is 3. The Bertz CT molecular complexity index is 684. The molecule has 1 heterocycles. The molecule has 24 heavy (non-hydrogen) atoms. The lowest BCUT2D eigenvalue weighted by atomic mass is 10.0. The van der Waals surface area contributed by atoms with Crippen LogP contribution in [0.3, 0.4) is 0 Å². The van der Waals surface area contributed by atoms with Crippen LogP contribution in [-0.2, 0) is 4.79 Å². The first-order valence-corrected chi connectivity index (χ1v) is 8.28. The number of nitrogens with zero attached hydrogens (tertiary/aromatic N) is 1. The van der Waals surface area contributed by atoms with Crippen LogP contribution in [0, 0.1) is 5.82 Å². The molecule has 6 heteroatoms. The van der Waals surface area contributed by atoms with Gasteiger partial charge in [0.05, 0.1) is 0 Å². The second-order valence-electron chi connectivity index (χ2n) is 5.74. The van der Waals surface area contributed by atoms with Crippen molar-refractivity contribution in [3.8, 4) is 0 Å². The summed E-state index contributed by atoms with van der Waals surface area (Å²) in [7, 11) is 0. The van der Waals surface area contributed by atoms with Crippen LogP contribution >= 0.6 is 11.6 Å². The normalized spacial score (nSPS) is 16.6. The van der Waals surface area contributed by atoms with Crippen LogP contribution in [0.5, 0.6) is 0 Å². The van der Waals surface area contributed by atoms with Crippen molar-refractivity contribution in [3.05, 3.63) is 64.9 Å². The van der Waals surface area contributed by atoms with Crippen LogP contribution in [0.4, 0.5) is 10.1 Å². The Morgan fingerprint density at radius 3 is 2.33 bits per heavy atom.